The van der Waals surface area contributed by atoms with Gasteiger partial charge in [-0.25, -0.2) is 18.6 Å². The van der Waals surface area contributed by atoms with Crippen LogP contribution in [0.2, 0.25) is 0 Å². The minimum Gasteiger partial charge on any atom is -0.508 e. The molecule has 4 unspecified atom stereocenters. The molecular weight excluding hydrogens is 1100 g/mol. The van der Waals surface area contributed by atoms with E-state index in [4.69, 9.17) is 30.1 Å². The van der Waals surface area contributed by atoms with E-state index in [0.717, 1.165) is 66.9 Å². The number of terminal acetylenes is 1. The van der Waals surface area contributed by atoms with Gasteiger partial charge in [0.25, 0.3) is 0 Å². The largest absolute Gasteiger partial charge is 0.508 e. The van der Waals surface area contributed by atoms with E-state index in [1.165, 1.54) is 30.5 Å². The lowest BCUT2D eigenvalue weighted by atomic mass is 9.96. The fourth-order valence-corrected chi connectivity index (χ4v) is 13.3. The number of benzene rings is 3. The average Bonchev–Trinajstić information content (AvgIpc) is 4.35. The molecule has 0 aliphatic carbocycles. The van der Waals surface area contributed by atoms with E-state index in [1.807, 2.05) is 74.2 Å². The molecule has 438 valence electrons. The maximum atomic E-state index is 17.3. The Kier molecular flexibility index (Phi) is 15.6. The number of aromatic nitrogens is 5. The molecule has 19 nitrogen and oxygen atoms in total. The number of rotatable bonds is 15. The second-order valence-electron chi connectivity index (χ2n) is 23.6. The van der Waals surface area contributed by atoms with E-state index in [1.54, 1.807) is 22.3 Å². The van der Waals surface area contributed by atoms with E-state index >= 15 is 8.78 Å². The van der Waals surface area contributed by atoms with E-state index in [0.29, 0.717) is 73.9 Å². The zero-order valence-corrected chi connectivity index (χ0v) is 48.5. The Hall–Kier alpha value is -8.00. The number of thiazole rings is 1. The first-order valence-electron chi connectivity index (χ1n) is 28.8. The summed E-state index contributed by atoms with van der Waals surface area (Å²) in [7, 11) is 0. The Morgan fingerprint density at radius 3 is 2.40 bits per heavy atom. The molecule has 0 saturated carbocycles. The number of phenols is 1. The molecule has 5 fully saturated rings. The Balaban J connectivity index is 0.643. The number of piperidine rings is 1. The van der Waals surface area contributed by atoms with Crippen LogP contribution in [0.3, 0.4) is 0 Å². The molecule has 2 bridgehead atoms. The molecule has 84 heavy (non-hydrogen) atoms. The minimum absolute atomic E-state index is 0.00489. The van der Waals surface area contributed by atoms with Gasteiger partial charge in [0.2, 0.25) is 11.8 Å². The highest BCUT2D eigenvalue weighted by Crippen LogP contribution is 2.41. The number of phenolic OH excluding ortho intramolecular Hbond substituents is 1. The number of piperazine rings is 1. The summed E-state index contributed by atoms with van der Waals surface area (Å²) in [5, 5.41) is 19.1. The van der Waals surface area contributed by atoms with Crippen molar-refractivity contribution in [3.8, 4) is 45.8 Å². The van der Waals surface area contributed by atoms with Crippen LogP contribution >= 0.6 is 11.3 Å². The summed E-state index contributed by atoms with van der Waals surface area (Å²) in [6.45, 7) is 14.3. The molecule has 4 aromatic heterocycles. The van der Waals surface area contributed by atoms with Crippen LogP contribution < -0.4 is 19.9 Å². The number of hydrogen-bond donors (Lipinski definition) is 2. The normalized spacial score (nSPS) is 19.9. The van der Waals surface area contributed by atoms with Gasteiger partial charge in [-0.3, -0.25) is 24.4 Å². The lowest BCUT2D eigenvalue weighted by Crippen LogP contribution is -2.57. The summed E-state index contributed by atoms with van der Waals surface area (Å²) in [6, 6.07) is 14.2. The number of hydrogen-bond acceptors (Lipinski definition) is 17. The fraction of sp³-hybridized carbons (Fsp3) is 0.452. The number of amides is 3. The number of halogens is 2. The predicted molar refractivity (Wildman–Crippen MR) is 313 cm³/mol. The summed E-state index contributed by atoms with van der Waals surface area (Å²) in [6.07, 6.45) is 11.4. The quantitative estimate of drug-likeness (QED) is 0.0919. The van der Waals surface area contributed by atoms with Gasteiger partial charge < -0.3 is 43.9 Å². The maximum Gasteiger partial charge on any atom is 0.410 e. The number of aryl methyl sites for hydroxylation is 1. The van der Waals surface area contributed by atoms with Crippen molar-refractivity contribution < 1.29 is 47.0 Å². The van der Waals surface area contributed by atoms with E-state index in [9.17, 15) is 19.5 Å². The Labute approximate surface area is 489 Å². The van der Waals surface area contributed by atoms with Crippen molar-refractivity contribution in [3.05, 3.63) is 101 Å². The molecule has 3 aromatic carbocycles. The molecular formula is C62H67F2N11O8S. The zero-order chi connectivity index (χ0) is 58.6. The van der Waals surface area contributed by atoms with Crippen LogP contribution in [0.15, 0.2) is 70.8 Å². The standard InChI is InChI=1S/C62H67F2N11O8S/c1-7-46-49(63)17-14-39-25-42(76)26-47(53(39)46)55-54(64)56-48(29-65-55)58(73-30-40-15-16-41(31-73)75(40)61(79)82-62(4,5)6)69-60(68-56)80-24-23-71-21-18-43(19-22-71)81-45-32-72(33-45)51-27-44(83-70-51)28-52(77)74-20-8-9-50(74)59(78)67-35(2)37-10-12-38(13-11-37)57-36(3)66-34-84-57/h1,10-14,17,25-27,29,34-35,40-41,43,45,50,76H,8-9,15-16,18-24,28,30-33H2,2-6H3,(H,67,78). The highest BCUT2D eigenvalue weighted by molar-refractivity contribution is 7.13. The molecule has 9 heterocycles. The lowest BCUT2D eigenvalue weighted by Gasteiger charge is -2.42. The molecule has 5 aliphatic heterocycles. The molecule has 4 atom stereocenters. The number of aromatic hydroxyl groups is 1. The van der Waals surface area contributed by atoms with E-state index < -0.39 is 23.3 Å². The Morgan fingerprint density at radius 1 is 0.929 bits per heavy atom. The highest BCUT2D eigenvalue weighted by Gasteiger charge is 2.45. The van der Waals surface area contributed by atoms with Crippen LogP contribution in [-0.2, 0) is 25.5 Å². The van der Waals surface area contributed by atoms with Crippen molar-refractivity contribution in [2.75, 3.05) is 68.8 Å². The molecule has 7 aromatic rings. The fourth-order valence-electron chi connectivity index (χ4n) is 12.5. The van der Waals surface area contributed by atoms with Gasteiger partial charge in [0, 0.05) is 75.6 Å². The van der Waals surface area contributed by atoms with Crippen LogP contribution in [0.1, 0.15) is 94.8 Å². The number of fused-ring (bicyclic) bond motifs is 4. The van der Waals surface area contributed by atoms with Crippen LogP contribution in [0.4, 0.5) is 25.2 Å². The van der Waals surface area contributed by atoms with Gasteiger partial charge in [0.05, 0.1) is 63.8 Å². The monoisotopic (exact) mass is 1160 g/mol. The predicted octanol–water partition coefficient (Wildman–Crippen LogP) is 8.98. The first-order valence-corrected chi connectivity index (χ1v) is 29.7. The first kappa shape index (κ1) is 56.5. The average molecular weight is 1160 g/mol. The van der Waals surface area contributed by atoms with Crippen molar-refractivity contribution >= 4 is 62.6 Å². The smallest absolute Gasteiger partial charge is 0.410 e. The number of carbonyl (C=O) groups is 3. The van der Waals surface area contributed by atoms with E-state index in [-0.39, 0.29) is 101 Å². The number of carbonyl (C=O) groups excluding carboxylic acids is 3. The van der Waals surface area contributed by atoms with Crippen molar-refractivity contribution in [2.45, 2.75) is 122 Å². The second-order valence-corrected chi connectivity index (χ2v) is 24.4. The van der Waals surface area contributed by atoms with Crippen LogP contribution in [0.5, 0.6) is 11.8 Å². The van der Waals surface area contributed by atoms with Crippen LogP contribution in [0.25, 0.3) is 43.4 Å². The van der Waals surface area contributed by atoms with Gasteiger partial charge >= 0.3 is 12.1 Å². The molecule has 12 rings (SSSR count). The molecule has 5 saturated heterocycles. The Morgan fingerprint density at radius 2 is 1.69 bits per heavy atom. The lowest BCUT2D eigenvalue weighted by molar-refractivity contribution is -0.138. The molecule has 5 aliphatic rings. The van der Waals surface area contributed by atoms with Gasteiger partial charge in [-0.05, 0) is 108 Å². The number of nitrogens with one attached hydrogen (secondary N) is 1. The summed E-state index contributed by atoms with van der Waals surface area (Å²) in [5.74, 6) is 1.85. The van der Waals surface area contributed by atoms with Gasteiger partial charge in [-0.1, -0.05) is 41.4 Å². The van der Waals surface area contributed by atoms with Gasteiger partial charge in [0.15, 0.2) is 11.6 Å². The number of pyridine rings is 1. The summed E-state index contributed by atoms with van der Waals surface area (Å²) in [4.78, 5) is 69.9. The molecule has 0 radical (unpaired) electrons. The highest BCUT2D eigenvalue weighted by atomic mass is 32.1. The molecule has 0 spiro atoms. The number of ether oxygens (including phenoxy) is 3. The van der Waals surface area contributed by atoms with Crippen molar-refractivity contribution in [3.63, 3.8) is 0 Å². The van der Waals surface area contributed by atoms with Gasteiger partial charge in [0.1, 0.15) is 52.6 Å². The van der Waals surface area contributed by atoms with Crippen molar-refractivity contribution in [1.82, 2.24) is 45.1 Å². The molecule has 3 amide bonds. The summed E-state index contributed by atoms with van der Waals surface area (Å²) < 4.78 is 56.7. The first-order chi connectivity index (χ1) is 40.4. The van der Waals surface area contributed by atoms with Gasteiger partial charge in [-0.15, -0.1) is 17.8 Å². The molecule has 22 heteroatoms. The topological polar surface area (TPSA) is 205 Å². The second kappa shape index (κ2) is 23.2. The van der Waals surface area contributed by atoms with Crippen LogP contribution in [0, 0.1) is 30.9 Å². The Bertz CT molecular complexity index is 3670. The van der Waals surface area contributed by atoms with E-state index in [2.05, 4.69) is 41.1 Å². The maximum absolute atomic E-state index is 17.3. The third kappa shape index (κ3) is 11.5. The van der Waals surface area contributed by atoms with Crippen molar-refractivity contribution in [2.24, 2.45) is 0 Å². The van der Waals surface area contributed by atoms with Crippen LogP contribution in [-0.4, -0.2) is 158 Å². The SMILES string of the molecule is C#Cc1c(F)ccc2cc(O)cc(-c3ncc4c(N5CC6CCC(C5)N6C(=O)OC(C)(C)C)nc(OCCN5CCC(OC6CN(c7cc(CC(=O)N8CCCC8C(=O)NC(C)c8ccc(-c9scnc9C)cc8)on7)C6)CC5)nc4c3F)c12. The number of nitrogens with zero attached hydrogens (tertiary/aromatic N) is 10. The summed E-state index contributed by atoms with van der Waals surface area (Å²) >= 11 is 1.60. The van der Waals surface area contributed by atoms with Gasteiger partial charge in [-0.2, -0.15) is 9.97 Å². The number of likely N-dealkylation sites (tertiary alicyclic amines) is 2. The zero-order valence-electron chi connectivity index (χ0n) is 47.6. The minimum atomic E-state index is -0.827. The summed E-state index contributed by atoms with van der Waals surface area (Å²) in [5.41, 5.74) is 3.97. The number of anilines is 2. The third-order valence-electron chi connectivity index (χ3n) is 16.7. The van der Waals surface area contributed by atoms with Crippen molar-refractivity contribution in [1.29, 1.82) is 0 Å². The molecule has 2 N–H and O–H groups in total. The third-order valence-corrected chi connectivity index (χ3v) is 17.7.